The summed E-state index contributed by atoms with van der Waals surface area (Å²) in [4.78, 5) is 30.9. The number of nitrogens with zero attached hydrogens (tertiary/aromatic N) is 9. The normalized spacial score (nSPS) is 12.0. The maximum atomic E-state index is 5.17. The van der Waals surface area contributed by atoms with E-state index in [4.69, 9.17) is 29.9 Å². The summed E-state index contributed by atoms with van der Waals surface area (Å²) in [6, 6.07) is 149. The molecule has 0 fully saturated rings. The number of para-hydroxylation sites is 3. The molecular weight excluding hydrogens is 1760 g/mol. The molecule has 0 unspecified atom stereocenters. The molecule has 0 saturated carbocycles. The highest BCUT2D eigenvalue weighted by atomic mass is 32.1. The minimum Gasteiger partial charge on any atom is -0.309 e. The van der Waals surface area contributed by atoms with Crippen molar-refractivity contribution in [2.45, 2.75) is 0 Å². The third-order valence-corrected chi connectivity index (χ3v) is 33.3. The molecule has 0 bridgehead atoms. The fourth-order valence-corrected chi connectivity index (χ4v) is 27.4. The van der Waals surface area contributed by atoms with Crippen LogP contribution in [0.1, 0.15) is 0 Å². The van der Waals surface area contributed by atoms with Crippen LogP contribution < -0.4 is 0 Å². The van der Waals surface area contributed by atoms with Gasteiger partial charge in [-0.1, -0.05) is 309 Å². The Bertz CT molecular complexity index is 10100. The van der Waals surface area contributed by atoms with Crippen molar-refractivity contribution < 1.29 is 0 Å². The Kier molecular flexibility index (Phi) is 18.0. The zero-order valence-electron chi connectivity index (χ0n) is 71.8. The minimum absolute atomic E-state index is 0.750. The number of aromatic nitrogens is 9. The van der Waals surface area contributed by atoms with Crippen molar-refractivity contribution >= 4 is 255 Å². The second kappa shape index (κ2) is 31.3. The summed E-state index contributed by atoms with van der Waals surface area (Å²) >= 11 is 11.0. The molecule has 30 rings (SSSR count). The van der Waals surface area contributed by atoms with Crippen molar-refractivity contribution in [3.05, 3.63) is 419 Å². The van der Waals surface area contributed by atoms with Crippen LogP contribution in [0.2, 0.25) is 0 Å². The number of rotatable bonds is 9. The minimum atomic E-state index is 0.750. The van der Waals surface area contributed by atoms with Crippen LogP contribution >= 0.6 is 68.0 Å². The Morgan fingerprint density at radius 3 is 0.933 bits per heavy atom. The molecule has 135 heavy (non-hydrogen) atoms. The number of hydrogen-bond acceptors (Lipinski definition) is 12. The zero-order chi connectivity index (χ0) is 88.5. The summed E-state index contributed by atoms with van der Waals surface area (Å²) in [6.07, 6.45) is 0. The highest BCUT2D eigenvalue weighted by molar-refractivity contribution is 7.28. The van der Waals surface area contributed by atoms with Crippen molar-refractivity contribution in [2.24, 2.45) is 0 Å². The van der Waals surface area contributed by atoms with Gasteiger partial charge in [-0.05, 0) is 109 Å². The standard InChI is InChI=1S/3C40H23N3S2/c1-3-11-24(12-4-1)37-39-38(42-40(41-37)25-13-5-2-6-14-25)29-20-19-26(21-35(29)45-39)43-32-17-9-7-15-27(32)30-22-31-28-16-8-10-18-34(28)44-36(31)23-33(30)43;1-3-11-24(12-4-1)36-39-37(42-40(41-36)25-13-5-2-6-14-25)30-20-19-26(23-34(30)45-39)43-31-17-9-7-15-27(31)28-21-22-33-35(38(28)43)29-16-8-10-18-32(29)44-33;1-3-11-24(12-4-1)35-39-36(42-40(41-35)25-13-5-2-6-14-25)31-20-19-26(23-34(31)45-39)43-32-17-9-7-15-27(32)29-21-22-30-28-16-8-10-18-33(28)44-38(30)37(29)43/h3*1-23H. The third kappa shape index (κ3) is 12.6. The Morgan fingerprint density at radius 1 is 0.163 bits per heavy atom. The summed E-state index contributed by atoms with van der Waals surface area (Å²) in [5.41, 5.74) is 23.2. The first kappa shape index (κ1) is 77.7. The molecule has 12 aromatic heterocycles. The van der Waals surface area contributed by atoms with E-state index in [1.807, 2.05) is 88.6 Å². The molecular formula is C120H69N9S6. The van der Waals surface area contributed by atoms with Crippen molar-refractivity contribution in [1.29, 1.82) is 0 Å². The van der Waals surface area contributed by atoms with E-state index in [-0.39, 0.29) is 0 Å². The summed E-state index contributed by atoms with van der Waals surface area (Å²) in [5.74, 6) is 2.25. The van der Waals surface area contributed by atoms with E-state index in [2.05, 4.69) is 378 Å². The highest BCUT2D eigenvalue weighted by Crippen LogP contribution is 2.51. The zero-order valence-corrected chi connectivity index (χ0v) is 76.7. The van der Waals surface area contributed by atoms with Crippen LogP contribution in [0.5, 0.6) is 0 Å². The number of benzene rings is 18. The first-order chi connectivity index (χ1) is 66.9. The Morgan fingerprint density at radius 2 is 0.474 bits per heavy atom. The Balaban J connectivity index is 0.000000101. The first-order valence-corrected chi connectivity index (χ1v) is 49.9. The van der Waals surface area contributed by atoms with Crippen LogP contribution in [-0.4, -0.2) is 43.6 Å². The molecule has 0 aliphatic carbocycles. The Labute approximate surface area is 795 Å². The maximum Gasteiger partial charge on any atom is 0.160 e. The molecule has 0 N–H and O–H groups in total. The summed E-state index contributed by atoms with van der Waals surface area (Å²) < 4.78 is 22.2. The van der Waals surface area contributed by atoms with Crippen molar-refractivity contribution in [3.63, 3.8) is 0 Å². The number of fused-ring (bicyclic) bond motifs is 29. The third-order valence-electron chi connectivity index (χ3n) is 26.4. The van der Waals surface area contributed by atoms with E-state index >= 15 is 0 Å². The summed E-state index contributed by atoms with van der Waals surface area (Å²) in [6.45, 7) is 0. The molecule has 630 valence electrons. The van der Waals surface area contributed by atoms with Gasteiger partial charge in [0, 0.05) is 169 Å². The van der Waals surface area contributed by atoms with Gasteiger partial charge < -0.3 is 13.7 Å². The van der Waals surface area contributed by atoms with Crippen molar-refractivity contribution in [2.75, 3.05) is 0 Å². The van der Waals surface area contributed by atoms with E-state index in [1.54, 1.807) is 34.0 Å². The lowest BCUT2D eigenvalue weighted by molar-refractivity contribution is 1.19. The van der Waals surface area contributed by atoms with Crippen LogP contribution in [0.4, 0.5) is 0 Å². The Hall–Kier alpha value is -16.1. The molecule has 9 nitrogen and oxygen atoms in total. The van der Waals surface area contributed by atoms with E-state index in [1.165, 1.54) is 140 Å². The van der Waals surface area contributed by atoms with Crippen molar-refractivity contribution in [3.8, 4) is 85.0 Å². The largest absolute Gasteiger partial charge is 0.309 e. The molecule has 30 aromatic rings. The lowest BCUT2D eigenvalue weighted by atomic mass is 10.1. The van der Waals surface area contributed by atoms with Crippen LogP contribution in [0.15, 0.2) is 419 Å². The number of hydrogen-bond donors (Lipinski definition) is 0. The van der Waals surface area contributed by atoms with Gasteiger partial charge in [0.2, 0.25) is 0 Å². The lowest BCUT2D eigenvalue weighted by Gasteiger charge is -2.09. The van der Waals surface area contributed by atoms with E-state index in [0.29, 0.717) is 0 Å². The number of thiophene rings is 6. The predicted octanol–water partition coefficient (Wildman–Crippen LogP) is 34.9. The molecule has 0 spiro atoms. The van der Waals surface area contributed by atoms with Gasteiger partial charge in [0.25, 0.3) is 0 Å². The molecule has 12 heterocycles. The lowest BCUT2D eigenvalue weighted by Crippen LogP contribution is -1.94. The van der Waals surface area contributed by atoms with Gasteiger partial charge in [0.05, 0.1) is 85.5 Å². The summed E-state index contributed by atoms with van der Waals surface area (Å²) in [7, 11) is 0. The molecule has 0 amide bonds. The highest BCUT2D eigenvalue weighted by Gasteiger charge is 2.27. The fraction of sp³-hybridized carbons (Fsp3) is 0. The fourth-order valence-electron chi connectivity index (χ4n) is 20.3. The van der Waals surface area contributed by atoms with Gasteiger partial charge >= 0.3 is 0 Å². The van der Waals surface area contributed by atoms with Crippen molar-refractivity contribution in [1.82, 2.24) is 43.6 Å². The first-order valence-electron chi connectivity index (χ1n) is 45.0. The molecule has 0 aliphatic rings. The molecule has 0 radical (unpaired) electrons. The molecule has 18 aromatic carbocycles. The van der Waals surface area contributed by atoms with E-state index < -0.39 is 0 Å². The molecule has 15 heteroatoms. The topological polar surface area (TPSA) is 92.1 Å². The van der Waals surface area contributed by atoms with E-state index in [0.717, 1.165) is 132 Å². The van der Waals surface area contributed by atoms with Gasteiger partial charge in [-0.3, -0.25) is 0 Å². The van der Waals surface area contributed by atoms with Crippen LogP contribution in [0.3, 0.4) is 0 Å². The smallest absolute Gasteiger partial charge is 0.160 e. The van der Waals surface area contributed by atoms with Gasteiger partial charge in [0.1, 0.15) is 0 Å². The molecule has 0 saturated heterocycles. The second-order valence-electron chi connectivity index (χ2n) is 34.2. The van der Waals surface area contributed by atoms with Gasteiger partial charge in [-0.2, -0.15) is 0 Å². The van der Waals surface area contributed by atoms with Crippen LogP contribution in [0.25, 0.3) is 272 Å². The second-order valence-corrected chi connectivity index (χ2v) is 40.5. The average Bonchev–Trinajstić information content (AvgIpc) is 1.56. The molecule has 0 atom stereocenters. The van der Waals surface area contributed by atoms with Gasteiger partial charge in [-0.15, -0.1) is 68.0 Å². The van der Waals surface area contributed by atoms with Crippen LogP contribution in [-0.2, 0) is 0 Å². The van der Waals surface area contributed by atoms with E-state index in [9.17, 15) is 0 Å². The molecule has 0 aliphatic heterocycles. The van der Waals surface area contributed by atoms with Gasteiger partial charge in [0.15, 0.2) is 17.5 Å². The maximum absolute atomic E-state index is 5.17. The quantitative estimate of drug-likeness (QED) is 0.143. The van der Waals surface area contributed by atoms with Crippen LogP contribution in [0, 0.1) is 0 Å². The predicted molar refractivity (Wildman–Crippen MR) is 579 cm³/mol. The van der Waals surface area contributed by atoms with Gasteiger partial charge in [-0.25, -0.2) is 29.9 Å². The SMILES string of the molecule is c1ccc(-c2nc(-c3ccccc3)c3sc4cc(-n5c6ccccc6c6cc7c(cc65)sc5ccccc57)ccc4c3n2)cc1.c1ccc(-c2nc(-c3ccccc3)c3sc4cc(-n5c6ccccc6c6ccc7c8ccccc8sc7c65)ccc4c3n2)cc1.c1ccc(-c2nc(-c3ccccc3)c3sc4cc(-n5c6ccccc6c6ccc7sc8ccccc8c7c65)ccc4c3n2)cc1. The monoisotopic (exact) mass is 1830 g/mol. The summed E-state index contributed by atoms with van der Waals surface area (Å²) in [5, 5.41) is 19.0. The average molecular weight is 1830 g/mol.